The van der Waals surface area contributed by atoms with Crippen molar-refractivity contribution >= 4 is 0 Å². The minimum absolute atomic E-state index is 0.639. The normalized spacial score (nSPS) is 16.4. The average Bonchev–Trinajstić information content (AvgIpc) is 2.88. The quantitative estimate of drug-likeness (QED) is 0.594. The molecule has 0 N–H and O–H groups in total. The number of hydrogen-bond acceptors (Lipinski definition) is 3. The summed E-state index contributed by atoms with van der Waals surface area (Å²) >= 11 is 0. The van der Waals surface area contributed by atoms with Crippen molar-refractivity contribution < 1.29 is 4.74 Å². The molecule has 1 saturated carbocycles. The molecule has 3 nitrogen and oxygen atoms in total. The third-order valence-corrected chi connectivity index (χ3v) is 2.16. The molecule has 1 aliphatic carbocycles. The highest BCUT2D eigenvalue weighted by atomic mass is 16.5. The molecule has 68 valence electrons. The van der Waals surface area contributed by atoms with Crippen LogP contribution in [0, 0.1) is 11.3 Å². The lowest BCUT2D eigenvalue weighted by atomic mass is 10.4. The number of nitriles is 1. The molecule has 0 unspecified atom stereocenters. The Hall–Kier alpha value is -0.590. The second-order valence-electron chi connectivity index (χ2n) is 3.17. The van der Waals surface area contributed by atoms with Crippen LogP contribution in [-0.2, 0) is 4.74 Å². The SMILES string of the molecule is COCCN(CCC#N)C1CC1. The molecule has 1 aliphatic rings. The number of ether oxygens (including phenoxy) is 1. The summed E-state index contributed by atoms with van der Waals surface area (Å²) in [5.41, 5.74) is 0. The van der Waals surface area contributed by atoms with Gasteiger partial charge in [0.05, 0.1) is 12.7 Å². The van der Waals surface area contributed by atoms with Gasteiger partial charge in [0.2, 0.25) is 0 Å². The maximum Gasteiger partial charge on any atom is 0.0635 e. The summed E-state index contributed by atoms with van der Waals surface area (Å²) in [4.78, 5) is 2.35. The minimum Gasteiger partial charge on any atom is -0.383 e. The van der Waals surface area contributed by atoms with Crippen LogP contribution in [0.4, 0.5) is 0 Å². The first-order valence-electron chi connectivity index (χ1n) is 4.48. The third-order valence-electron chi connectivity index (χ3n) is 2.16. The second-order valence-corrected chi connectivity index (χ2v) is 3.17. The molecule has 1 fully saturated rings. The summed E-state index contributed by atoms with van der Waals surface area (Å²) < 4.78 is 5.01. The first-order chi connectivity index (χ1) is 5.88. The molecule has 0 aliphatic heterocycles. The molecule has 0 radical (unpaired) electrons. The van der Waals surface area contributed by atoms with Crippen LogP contribution in [0.2, 0.25) is 0 Å². The Morgan fingerprint density at radius 2 is 2.25 bits per heavy atom. The van der Waals surface area contributed by atoms with Gasteiger partial charge in [0.15, 0.2) is 0 Å². The molecule has 0 heterocycles. The van der Waals surface area contributed by atoms with Gasteiger partial charge in [-0.2, -0.15) is 5.26 Å². The van der Waals surface area contributed by atoms with E-state index in [4.69, 9.17) is 10.00 Å². The Balaban J connectivity index is 2.14. The van der Waals surface area contributed by atoms with Gasteiger partial charge in [-0.25, -0.2) is 0 Å². The van der Waals surface area contributed by atoms with E-state index < -0.39 is 0 Å². The first-order valence-corrected chi connectivity index (χ1v) is 4.48. The number of hydrogen-bond donors (Lipinski definition) is 0. The van der Waals surface area contributed by atoms with Crippen molar-refractivity contribution in [1.82, 2.24) is 4.90 Å². The van der Waals surface area contributed by atoms with Crippen molar-refractivity contribution in [2.24, 2.45) is 0 Å². The highest BCUT2D eigenvalue weighted by Crippen LogP contribution is 2.26. The molecule has 0 saturated heterocycles. The zero-order chi connectivity index (χ0) is 8.81. The van der Waals surface area contributed by atoms with Crippen molar-refractivity contribution in [3.8, 4) is 6.07 Å². The van der Waals surface area contributed by atoms with E-state index in [1.54, 1.807) is 7.11 Å². The summed E-state index contributed by atoms with van der Waals surface area (Å²) in [6.45, 7) is 2.66. The Bertz CT molecular complexity index is 160. The maximum absolute atomic E-state index is 8.43. The minimum atomic E-state index is 0.639. The van der Waals surface area contributed by atoms with Crippen LogP contribution in [0.5, 0.6) is 0 Å². The summed E-state index contributed by atoms with van der Waals surface area (Å²) in [7, 11) is 1.72. The van der Waals surface area contributed by atoms with Gasteiger partial charge in [-0.1, -0.05) is 0 Å². The second kappa shape index (κ2) is 5.13. The summed E-state index contributed by atoms with van der Waals surface area (Å²) in [6.07, 6.45) is 3.24. The molecule has 0 atom stereocenters. The lowest BCUT2D eigenvalue weighted by Gasteiger charge is -2.19. The van der Waals surface area contributed by atoms with Crippen LogP contribution in [0.1, 0.15) is 19.3 Å². The first kappa shape index (κ1) is 9.50. The highest BCUT2D eigenvalue weighted by Gasteiger charge is 2.27. The topological polar surface area (TPSA) is 36.3 Å². The predicted octanol–water partition coefficient (Wildman–Crippen LogP) is 1.01. The van der Waals surface area contributed by atoms with Gasteiger partial charge >= 0.3 is 0 Å². The largest absolute Gasteiger partial charge is 0.383 e. The van der Waals surface area contributed by atoms with Crippen LogP contribution < -0.4 is 0 Å². The van der Waals surface area contributed by atoms with Crippen LogP contribution in [0.3, 0.4) is 0 Å². The maximum atomic E-state index is 8.43. The van der Waals surface area contributed by atoms with E-state index in [0.717, 1.165) is 25.7 Å². The molecular weight excluding hydrogens is 152 g/mol. The number of nitrogens with zero attached hydrogens (tertiary/aromatic N) is 2. The lowest BCUT2D eigenvalue weighted by molar-refractivity contribution is 0.145. The Morgan fingerprint density at radius 1 is 1.50 bits per heavy atom. The molecule has 12 heavy (non-hydrogen) atoms. The fourth-order valence-corrected chi connectivity index (χ4v) is 1.32. The highest BCUT2D eigenvalue weighted by molar-refractivity contribution is 4.86. The van der Waals surface area contributed by atoms with Crippen molar-refractivity contribution in [1.29, 1.82) is 5.26 Å². The van der Waals surface area contributed by atoms with E-state index in [0.29, 0.717) is 6.42 Å². The van der Waals surface area contributed by atoms with E-state index in [9.17, 15) is 0 Å². The van der Waals surface area contributed by atoms with Crippen molar-refractivity contribution in [3.63, 3.8) is 0 Å². The van der Waals surface area contributed by atoms with E-state index in [2.05, 4.69) is 11.0 Å². The van der Waals surface area contributed by atoms with Crippen molar-refractivity contribution in [2.45, 2.75) is 25.3 Å². The average molecular weight is 168 g/mol. The van der Waals surface area contributed by atoms with Crippen LogP contribution in [-0.4, -0.2) is 37.7 Å². The van der Waals surface area contributed by atoms with Crippen molar-refractivity contribution in [2.75, 3.05) is 26.8 Å². The zero-order valence-corrected chi connectivity index (χ0v) is 7.62. The monoisotopic (exact) mass is 168 g/mol. The molecule has 0 aromatic rings. The number of rotatable bonds is 6. The van der Waals surface area contributed by atoms with E-state index >= 15 is 0 Å². The van der Waals surface area contributed by atoms with Gasteiger partial charge in [-0.15, -0.1) is 0 Å². The van der Waals surface area contributed by atoms with Gasteiger partial charge in [-0.3, -0.25) is 4.90 Å². The molecule has 0 spiro atoms. The predicted molar refractivity (Wildman–Crippen MR) is 46.7 cm³/mol. The van der Waals surface area contributed by atoms with E-state index in [1.165, 1.54) is 12.8 Å². The molecule has 0 bridgehead atoms. The fourth-order valence-electron chi connectivity index (χ4n) is 1.32. The summed E-state index contributed by atoms with van der Waals surface area (Å²) in [5.74, 6) is 0. The van der Waals surface area contributed by atoms with Crippen LogP contribution in [0.25, 0.3) is 0 Å². The van der Waals surface area contributed by atoms with Gasteiger partial charge in [0, 0.05) is 32.7 Å². The summed E-state index contributed by atoms with van der Waals surface area (Å²) in [5, 5.41) is 8.43. The molecule has 1 rings (SSSR count). The zero-order valence-electron chi connectivity index (χ0n) is 7.62. The van der Waals surface area contributed by atoms with Gasteiger partial charge in [0.25, 0.3) is 0 Å². The van der Waals surface area contributed by atoms with Gasteiger partial charge in [-0.05, 0) is 12.8 Å². The Kier molecular flexibility index (Phi) is 4.06. The van der Waals surface area contributed by atoms with E-state index in [-0.39, 0.29) is 0 Å². The van der Waals surface area contributed by atoms with Crippen LogP contribution >= 0.6 is 0 Å². The number of methoxy groups -OCH3 is 1. The van der Waals surface area contributed by atoms with Crippen molar-refractivity contribution in [3.05, 3.63) is 0 Å². The Morgan fingerprint density at radius 3 is 2.75 bits per heavy atom. The third kappa shape index (κ3) is 3.21. The van der Waals surface area contributed by atoms with Crippen LogP contribution in [0.15, 0.2) is 0 Å². The molecule has 3 heteroatoms. The Labute approximate surface area is 73.9 Å². The smallest absolute Gasteiger partial charge is 0.0635 e. The van der Waals surface area contributed by atoms with E-state index in [1.807, 2.05) is 0 Å². The van der Waals surface area contributed by atoms with Gasteiger partial charge in [0.1, 0.15) is 0 Å². The molecule has 0 amide bonds. The standard InChI is InChI=1S/C9H16N2O/c1-12-8-7-11(6-2-5-10)9-3-4-9/h9H,2-4,6-8H2,1H3. The molecular formula is C9H16N2O. The molecule has 0 aromatic carbocycles. The fraction of sp³-hybridized carbons (Fsp3) is 0.889. The lowest BCUT2D eigenvalue weighted by Crippen LogP contribution is -2.30. The molecule has 0 aromatic heterocycles. The summed E-state index contributed by atoms with van der Waals surface area (Å²) in [6, 6.07) is 2.92. The van der Waals surface area contributed by atoms with Gasteiger partial charge < -0.3 is 4.74 Å².